The van der Waals surface area contributed by atoms with Gasteiger partial charge in [0.25, 0.3) is 5.91 Å². The number of anilines is 2. The van der Waals surface area contributed by atoms with Crippen molar-refractivity contribution in [3.63, 3.8) is 0 Å². The fourth-order valence-corrected chi connectivity index (χ4v) is 3.92. The van der Waals surface area contributed by atoms with Crippen LogP contribution in [-0.2, 0) is 4.79 Å². The number of carbonyl (C=O) groups excluding carboxylic acids is 2. The number of hydrazone groups is 1. The maximum atomic E-state index is 12.8. The number of amidine groups is 1. The lowest BCUT2D eigenvalue weighted by Gasteiger charge is -2.19. The first kappa shape index (κ1) is 23.3. The zero-order valence-electron chi connectivity index (χ0n) is 19.4. The summed E-state index contributed by atoms with van der Waals surface area (Å²) in [6, 6.07) is 19.9. The van der Waals surface area contributed by atoms with E-state index in [0.717, 1.165) is 5.69 Å². The lowest BCUT2D eigenvalue weighted by Crippen LogP contribution is -2.43. The largest absolute Gasteiger partial charge is 0.486 e. The van der Waals surface area contributed by atoms with Crippen molar-refractivity contribution in [3.8, 4) is 11.5 Å². The van der Waals surface area contributed by atoms with E-state index in [1.165, 1.54) is 0 Å². The number of carbonyl (C=O) groups is 2. The third-order valence-electron chi connectivity index (χ3n) is 5.87. The SMILES string of the molecule is NC1CN(c2ccccc2)N=C1NC(=O)c1ccc(C(N)C(=O)Nc2ccc3c(c2)OCCO3)cc1. The van der Waals surface area contributed by atoms with Crippen LogP contribution in [0, 0.1) is 0 Å². The van der Waals surface area contributed by atoms with Crippen LogP contribution in [0.2, 0.25) is 0 Å². The third kappa shape index (κ3) is 4.99. The first-order chi connectivity index (χ1) is 17.5. The van der Waals surface area contributed by atoms with Crippen LogP contribution in [-0.4, -0.2) is 43.5 Å². The Morgan fingerprint density at radius 1 is 0.944 bits per heavy atom. The molecule has 0 aromatic heterocycles. The minimum atomic E-state index is -0.928. The number of hydrogen-bond acceptors (Lipinski definition) is 8. The number of benzene rings is 3. The van der Waals surface area contributed by atoms with Crippen LogP contribution in [0.1, 0.15) is 22.0 Å². The minimum absolute atomic E-state index is 0.347. The quantitative estimate of drug-likeness (QED) is 0.432. The first-order valence-electron chi connectivity index (χ1n) is 11.5. The standard InChI is InChI=1S/C26H26N6O4/c27-20-15-32(19-4-2-1-3-5-19)31-24(20)30-25(33)17-8-6-16(7-9-17)23(28)26(34)29-18-10-11-21-22(14-18)36-13-12-35-21/h1-11,14,20,23H,12-13,15,27-28H2,(H,29,34)(H,30,31,33). The van der Waals surface area contributed by atoms with E-state index < -0.39 is 18.0 Å². The number of nitrogens with one attached hydrogen (secondary N) is 2. The van der Waals surface area contributed by atoms with Gasteiger partial charge in [0.05, 0.1) is 18.3 Å². The van der Waals surface area contributed by atoms with Crippen LogP contribution in [0.15, 0.2) is 77.9 Å². The van der Waals surface area contributed by atoms with E-state index in [1.807, 2.05) is 30.3 Å². The summed E-state index contributed by atoms with van der Waals surface area (Å²) in [5.74, 6) is 0.857. The molecular formula is C26H26N6O4. The van der Waals surface area contributed by atoms with Crippen LogP contribution in [0.3, 0.4) is 0 Å². The first-order valence-corrected chi connectivity index (χ1v) is 11.5. The highest BCUT2D eigenvalue weighted by molar-refractivity contribution is 6.09. The predicted molar refractivity (Wildman–Crippen MR) is 136 cm³/mol. The maximum Gasteiger partial charge on any atom is 0.256 e. The number of nitrogens with zero attached hydrogens (tertiary/aromatic N) is 2. The number of fused-ring (bicyclic) bond motifs is 1. The molecule has 0 saturated carbocycles. The molecule has 2 unspecified atom stereocenters. The minimum Gasteiger partial charge on any atom is -0.486 e. The Hall–Kier alpha value is -4.41. The van der Waals surface area contributed by atoms with E-state index in [-0.39, 0.29) is 5.91 Å². The van der Waals surface area contributed by atoms with Crippen LogP contribution in [0.4, 0.5) is 11.4 Å². The molecule has 0 saturated heterocycles. The van der Waals surface area contributed by atoms with E-state index in [2.05, 4.69) is 15.7 Å². The van der Waals surface area contributed by atoms with Crippen LogP contribution in [0.5, 0.6) is 11.5 Å². The molecule has 2 heterocycles. The summed E-state index contributed by atoms with van der Waals surface area (Å²) in [6.45, 7) is 1.41. The molecule has 0 aliphatic carbocycles. The number of amides is 2. The number of para-hydroxylation sites is 1. The summed E-state index contributed by atoms with van der Waals surface area (Å²) in [5.41, 5.74) is 14.7. The number of rotatable bonds is 5. The monoisotopic (exact) mass is 486 g/mol. The highest BCUT2D eigenvalue weighted by atomic mass is 16.6. The summed E-state index contributed by atoms with van der Waals surface area (Å²) in [5, 5.41) is 11.8. The van der Waals surface area contributed by atoms with E-state index >= 15 is 0 Å². The molecule has 3 aromatic carbocycles. The highest BCUT2D eigenvalue weighted by Gasteiger charge is 2.26. The Balaban J connectivity index is 1.21. The molecule has 3 aromatic rings. The Labute approximate surface area is 207 Å². The average Bonchev–Trinajstić information content (AvgIpc) is 3.28. The second-order valence-corrected chi connectivity index (χ2v) is 8.41. The Morgan fingerprint density at radius 3 is 2.42 bits per heavy atom. The fourth-order valence-electron chi connectivity index (χ4n) is 3.92. The normalized spacial score (nSPS) is 17.2. The molecule has 2 amide bonds. The van der Waals surface area contributed by atoms with Gasteiger partial charge in [-0.1, -0.05) is 30.3 Å². The zero-order valence-corrected chi connectivity index (χ0v) is 19.4. The number of ether oxygens (including phenoxy) is 2. The predicted octanol–water partition coefficient (Wildman–Crippen LogP) is 1.99. The molecule has 2 aliphatic heterocycles. The zero-order chi connectivity index (χ0) is 25.1. The molecule has 2 aliphatic rings. The van der Waals surface area contributed by atoms with Gasteiger partial charge in [-0.3, -0.25) is 14.6 Å². The van der Waals surface area contributed by atoms with Gasteiger partial charge in [-0.2, -0.15) is 5.10 Å². The van der Waals surface area contributed by atoms with Gasteiger partial charge in [0.1, 0.15) is 25.1 Å². The molecule has 10 heteroatoms. The van der Waals surface area contributed by atoms with E-state index in [1.54, 1.807) is 47.5 Å². The molecule has 0 spiro atoms. The number of nitrogens with two attached hydrogens (primary N) is 2. The van der Waals surface area contributed by atoms with Gasteiger partial charge in [-0.15, -0.1) is 0 Å². The summed E-state index contributed by atoms with van der Waals surface area (Å²) < 4.78 is 11.0. The molecule has 6 N–H and O–H groups in total. The Kier molecular flexibility index (Phi) is 6.52. The smallest absolute Gasteiger partial charge is 0.256 e. The van der Waals surface area contributed by atoms with Gasteiger partial charge in [0, 0.05) is 17.3 Å². The molecule has 36 heavy (non-hydrogen) atoms. The van der Waals surface area contributed by atoms with Crippen molar-refractivity contribution in [1.29, 1.82) is 0 Å². The Bertz CT molecular complexity index is 1300. The topological polar surface area (TPSA) is 144 Å². The van der Waals surface area contributed by atoms with Gasteiger partial charge in [-0.05, 0) is 42.0 Å². The van der Waals surface area contributed by atoms with Crippen molar-refractivity contribution >= 4 is 29.0 Å². The van der Waals surface area contributed by atoms with Crippen LogP contribution >= 0.6 is 0 Å². The Morgan fingerprint density at radius 2 is 1.67 bits per heavy atom. The molecule has 184 valence electrons. The molecule has 0 bridgehead atoms. The van der Waals surface area contributed by atoms with Crippen molar-refractivity contribution < 1.29 is 19.1 Å². The van der Waals surface area contributed by atoms with Crippen LogP contribution in [0.25, 0.3) is 0 Å². The molecule has 10 nitrogen and oxygen atoms in total. The van der Waals surface area contributed by atoms with Crippen molar-refractivity contribution in [2.24, 2.45) is 16.6 Å². The van der Waals surface area contributed by atoms with Crippen molar-refractivity contribution in [2.45, 2.75) is 12.1 Å². The van der Waals surface area contributed by atoms with Crippen molar-refractivity contribution in [2.75, 3.05) is 30.1 Å². The molecule has 0 radical (unpaired) electrons. The second-order valence-electron chi connectivity index (χ2n) is 8.41. The van der Waals surface area contributed by atoms with Crippen molar-refractivity contribution in [1.82, 2.24) is 5.32 Å². The van der Waals surface area contributed by atoms with Crippen LogP contribution < -0.4 is 36.6 Å². The van der Waals surface area contributed by atoms with Gasteiger partial charge < -0.3 is 31.6 Å². The van der Waals surface area contributed by atoms with Gasteiger partial charge in [0.2, 0.25) is 5.91 Å². The maximum absolute atomic E-state index is 12.8. The molecule has 0 fully saturated rings. The fraction of sp³-hybridized carbons (Fsp3) is 0.192. The molecule has 5 rings (SSSR count). The lowest BCUT2D eigenvalue weighted by atomic mass is 10.0. The van der Waals surface area contributed by atoms with E-state index in [9.17, 15) is 9.59 Å². The van der Waals surface area contributed by atoms with Gasteiger partial charge in [0.15, 0.2) is 11.5 Å². The second kappa shape index (κ2) is 10.1. The summed E-state index contributed by atoms with van der Waals surface area (Å²) >= 11 is 0. The average molecular weight is 487 g/mol. The summed E-state index contributed by atoms with van der Waals surface area (Å²) in [4.78, 5) is 25.5. The third-order valence-corrected chi connectivity index (χ3v) is 5.87. The van der Waals surface area contributed by atoms with Gasteiger partial charge in [-0.25, -0.2) is 0 Å². The van der Waals surface area contributed by atoms with Crippen molar-refractivity contribution in [3.05, 3.63) is 83.9 Å². The van der Waals surface area contributed by atoms with Gasteiger partial charge >= 0.3 is 0 Å². The number of hydrogen-bond donors (Lipinski definition) is 4. The summed E-state index contributed by atoms with van der Waals surface area (Å²) in [7, 11) is 0. The lowest BCUT2D eigenvalue weighted by molar-refractivity contribution is -0.117. The highest BCUT2D eigenvalue weighted by Crippen LogP contribution is 2.32. The molecule has 2 atom stereocenters. The van der Waals surface area contributed by atoms with E-state index in [4.69, 9.17) is 20.9 Å². The molecular weight excluding hydrogens is 460 g/mol. The van der Waals surface area contributed by atoms with E-state index in [0.29, 0.717) is 53.9 Å². The summed E-state index contributed by atoms with van der Waals surface area (Å²) in [6.07, 6.45) is 0.